The zero-order chi connectivity index (χ0) is 6.69. The van der Waals surface area contributed by atoms with E-state index < -0.39 is 5.97 Å². The zero-order valence-electron chi connectivity index (χ0n) is 4.87. The Morgan fingerprint density at radius 1 is 1.89 bits per heavy atom. The fraction of sp³-hybridized carbons (Fsp3) is 0.800. The Labute approximate surface area is 52.4 Å². The molecule has 1 saturated heterocycles. The van der Waals surface area contributed by atoms with Crippen LogP contribution in [0.1, 0.15) is 0 Å². The lowest BCUT2D eigenvalue weighted by Gasteiger charge is -1.94. The molecule has 1 N–H and O–H groups in total. The van der Waals surface area contributed by atoms with Gasteiger partial charge in [0.2, 0.25) is 0 Å². The molecule has 1 unspecified atom stereocenters. The highest BCUT2D eigenvalue weighted by Gasteiger charge is 2.22. The second-order valence-corrected chi connectivity index (χ2v) is 1.86. The zero-order valence-corrected chi connectivity index (χ0v) is 4.87. The van der Waals surface area contributed by atoms with E-state index in [1.807, 2.05) is 0 Å². The van der Waals surface area contributed by atoms with E-state index >= 15 is 0 Å². The summed E-state index contributed by atoms with van der Waals surface area (Å²) in [6, 6.07) is 0. The fourth-order valence-electron chi connectivity index (χ4n) is 0.442. The van der Waals surface area contributed by atoms with Crippen LogP contribution in [0, 0.1) is 0 Å². The number of carboxylic acids is 1. The van der Waals surface area contributed by atoms with Crippen LogP contribution in [0.5, 0.6) is 0 Å². The molecule has 0 radical (unpaired) electrons. The molecule has 0 saturated carbocycles. The average Bonchev–Trinajstić information content (AvgIpc) is 2.48. The lowest BCUT2D eigenvalue weighted by molar-refractivity contribution is -0.142. The molecule has 0 bridgehead atoms. The molecule has 1 fully saturated rings. The van der Waals surface area contributed by atoms with Crippen molar-refractivity contribution < 1.29 is 19.4 Å². The van der Waals surface area contributed by atoms with Gasteiger partial charge in [-0.1, -0.05) is 0 Å². The van der Waals surface area contributed by atoms with E-state index in [2.05, 4.69) is 0 Å². The molecule has 1 aliphatic heterocycles. The van der Waals surface area contributed by atoms with Crippen molar-refractivity contribution in [2.75, 3.05) is 19.8 Å². The van der Waals surface area contributed by atoms with Crippen molar-refractivity contribution in [2.45, 2.75) is 6.10 Å². The summed E-state index contributed by atoms with van der Waals surface area (Å²) in [4.78, 5) is 9.84. The summed E-state index contributed by atoms with van der Waals surface area (Å²) in [6.45, 7) is 0.895. The summed E-state index contributed by atoms with van der Waals surface area (Å²) >= 11 is 0. The molecule has 4 nitrogen and oxygen atoms in total. The molecule has 0 aromatic heterocycles. The van der Waals surface area contributed by atoms with E-state index in [0.717, 1.165) is 0 Å². The van der Waals surface area contributed by atoms with Crippen LogP contribution in [-0.2, 0) is 14.3 Å². The van der Waals surface area contributed by atoms with Gasteiger partial charge < -0.3 is 14.6 Å². The molecule has 52 valence electrons. The van der Waals surface area contributed by atoms with Crippen molar-refractivity contribution in [1.82, 2.24) is 0 Å². The summed E-state index contributed by atoms with van der Waals surface area (Å²) in [7, 11) is 0. The number of carbonyl (C=O) groups is 1. The van der Waals surface area contributed by atoms with E-state index in [9.17, 15) is 4.79 Å². The molecule has 1 heterocycles. The van der Waals surface area contributed by atoms with Gasteiger partial charge in [-0.25, -0.2) is 4.79 Å². The Morgan fingerprint density at radius 2 is 2.56 bits per heavy atom. The van der Waals surface area contributed by atoms with Crippen molar-refractivity contribution >= 4 is 5.97 Å². The average molecular weight is 132 g/mol. The maximum Gasteiger partial charge on any atom is 0.329 e. The first-order valence-electron chi connectivity index (χ1n) is 2.70. The standard InChI is InChI=1S/C5H8O4/c6-5(7)3-8-1-4-2-9-4/h4H,1-3H2,(H,6,7). The molecule has 1 atom stereocenters. The third kappa shape index (κ3) is 3.05. The Kier molecular flexibility index (Phi) is 2.02. The van der Waals surface area contributed by atoms with Crippen molar-refractivity contribution in [3.63, 3.8) is 0 Å². The van der Waals surface area contributed by atoms with Crippen LogP contribution in [0.4, 0.5) is 0 Å². The molecule has 0 spiro atoms. The van der Waals surface area contributed by atoms with Gasteiger partial charge in [-0.15, -0.1) is 0 Å². The summed E-state index contributed by atoms with van der Waals surface area (Å²) in [5.74, 6) is -0.935. The topological polar surface area (TPSA) is 59.1 Å². The largest absolute Gasteiger partial charge is 0.480 e. The maximum atomic E-state index is 9.84. The summed E-state index contributed by atoms with van der Waals surface area (Å²) in [5, 5.41) is 8.08. The van der Waals surface area contributed by atoms with Gasteiger partial charge in [0.05, 0.1) is 13.2 Å². The first kappa shape index (κ1) is 6.51. The van der Waals surface area contributed by atoms with Gasteiger partial charge in [-0.2, -0.15) is 0 Å². The summed E-state index contributed by atoms with van der Waals surface area (Å²) in [6.07, 6.45) is 0.157. The van der Waals surface area contributed by atoms with Crippen molar-refractivity contribution in [2.24, 2.45) is 0 Å². The molecular formula is C5H8O4. The van der Waals surface area contributed by atoms with Crippen LogP contribution < -0.4 is 0 Å². The van der Waals surface area contributed by atoms with Gasteiger partial charge >= 0.3 is 5.97 Å². The van der Waals surface area contributed by atoms with E-state index in [1.165, 1.54) is 0 Å². The molecule has 1 rings (SSSR count). The van der Waals surface area contributed by atoms with Crippen LogP contribution in [0.2, 0.25) is 0 Å². The summed E-state index contributed by atoms with van der Waals surface area (Å²) in [5.41, 5.74) is 0. The van der Waals surface area contributed by atoms with Gasteiger partial charge in [-0.05, 0) is 0 Å². The number of rotatable bonds is 4. The summed E-state index contributed by atoms with van der Waals surface area (Å²) < 4.78 is 9.47. The number of aliphatic carboxylic acids is 1. The minimum absolute atomic E-state index is 0.157. The highest BCUT2D eigenvalue weighted by Crippen LogP contribution is 2.07. The first-order valence-corrected chi connectivity index (χ1v) is 2.70. The minimum Gasteiger partial charge on any atom is -0.480 e. The lowest BCUT2D eigenvalue weighted by Crippen LogP contribution is -2.10. The molecule has 4 heteroatoms. The number of hydrogen-bond donors (Lipinski definition) is 1. The highest BCUT2D eigenvalue weighted by atomic mass is 16.6. The van der Waals surface area contributed by atoms with E-state index in [1.54, 1.807) is 0 Å². The van der Waals surface area contributed by atoms with Crippen molar-refractivity contribution in [1.29, 1.82) is 0 Å². The van der Waals surface area contributed by atoms with Crippen LogP contribution in [0.15, 0.2) is 0 Å². The number of epoxide rings is 1. The predicted molar refractivity (Wildman–Crippen MR) is 28.2 cm³/mol. The van der Waals surface area contributed by atoms with E-state index in [-0.39, 0.29) is 12.7 Å². The normalized spacial score (nSPS) is 23.8. The van der Waals surface area contributed by atoms with Crippen LogP contribution in [0.3, 0.4) is 0 Å². The second-order valence-electron chi connectivity index (χ2n) is 1.86. The smallest absolute Gasteiger partial charge is 0.329 e. The van der Waals surface area contributed by atoms with Crippen LogP contribution in [-0.4, -0.2) is 37.0 Å². The Hall–Kier alpha value is -0.610. The SMILES string of the molecule is O=C(O)COCC1CO1. The van der Waals surface area contributed by atoms with Crippen LogP contribution >= 0.6 is 0 Å². The molecular weight excluding hydrogens is 124 g/mol. The second kappa shape index (κ2) is 2.80. The lowest BCUT2D eigenvalue weighted by atomic mass is 10.5. The number of carboxylic acid groups (broad SMARTS) is 1. The van der Waals surface area contributed by atoms with Gasteiger partial charge in [0.1, 0.15) is 12.7 Å². The van der Waals surface area contributed by atoms with Gasteiger partial charge in [0.15, 0.2) is 0 Å². The first-order chi connectivity index (χ1) is 4.29. The third-order valence-electron chi connectivity index (χ3n) is 0.932. The number of hydrogen-bond acceptors (Lipinski definition) is 3. The minimum atomic E-state index is -0.935. The monoisotopic (exact) mass is 132 g/mol. The van der Waals surface area contributed by atoms with Crippen molar-refractivity contribution in [3.8, 4) is 0 Å². The molecule has 0 amide bonds. The quantitative estimate of drug-likeness (QED) is 0.523. The Morgan fingerprint density at radius 3 is 3.00 bits per heavy atom. The molecule has 9 heavy (non-hydrogen) atoms. The maximum absolute atomic E-state index is 9.84. The van der Waals surface area contributed by atoms with Gasteiger partial charge in [-0.3, -0.25) is 0 Å². The van der Waals surface area contributed by atoms with E-state index in [4.69, 9.17) is 14.6 Å². The van der Waals surface area contributed by atoms with Crippen molar-refractivity contribution in [3.05, 3.63) is 0 Å². The van der Waals surface area contributed by atoms with Crippen LogP contribution in [0.25, 0.3) is 0 Å². The Balaban J connectivity index is 1.86. The predicted octanol–water partition coefficient (Wildman–Crippen LogP) is -0.514. The van der Waals surface area contributed by atoms with Gasteiger partial charge in [0, 0.05) is 0 Å². The molecule has 0 aliphatic carbocycles. The molecule has 1 aliphatic rings. The Bertz CT molecular complexity index is 108. The van der Waals surface area contributed by atoms with Gasteiger partial charge in [0.25, 0.3) is 0 Å². The fourth-order valence-corrected chi connectivity index (χ4v) is 0.442. The molecule has 0 aromatic carbocycles. The number of ether oxygens (including phenoxy) is 2. The third-order valence-corrected chi connectivity index (χ3v) is 0.932. The highest BCUT2D eigenvalue weighted by molar-refractivity contribution is 5.67. The molecule has 0 aromatic rings. The van der Waals surface area contributed by atoms with E-state index in [0.29, 0.717) is 13.2 Å².